The first-order valence-corrected chi connectivity index (χ1v) is 7.54. The molecular weight excluding hydrogens is 208 g/mol. The molecule has 0 saturated heterocycles. The van der Waals surface area contributed by atoms with E-state index in [0.29, 0.717) is 11.6 Å². The van der Waals surface area contributed by atoms with Gasteiger partial charge in [0.15, 0.2) is 0 Å². The van der Waals surface area contributed by atoms with E-state index in [1.165, 1.54) is 57.8 Å². The van der Waals surface area contributed by atoms with Crippen molar-refractivity contribution in [2.45, 2.75) is 69.4 Å². The summed E-state index contributed by atoms with van der Waals surface area (Å²) in [6, 6.07) is 0.697. The van der Waals surface area contributed by atoms with Crippen LogP contribution in [0.25, 0.3) is 0 Å². The van der Waals surface area contributed by atoms with Gasteiger partial charge in [0, 0.05) is 11.6 Å². The number of nitrogens with one attached hydrogen (secondary N) is 1. The molecule has 0 aromatic carbocycles. The third kappa shape index (κ3) is 2.68. The maximum Gasteiger partial charge on any atom is 0.0356 e. The molecule has 0 aromatic heterocycles. The summed E-state index contributed by atoms with van der Waals surface area (Å²) in [7, 11) is 6.75. The highest BCUT2D eigenvalue weighted by Crippen LogP contribution is 2.40. The van der Waals surface area contributed by atoms with E-state index >= 15 is 0 Å². The smallest absolute Gasteiger partial charge is 0.0356 e. The van der Waals surface area contributed by atoms with Crippen molar-refractivity contribution in [3.63, 3.8) is 0 Å². The molecule has 0 radical (unpaired) electrons. The number of rotatable bonds is 5. The van der Waals surface area contributed by atoms with Gasteiger partial charge in [0.25, 0.3) is 0 Å². The third-order valence-corrected chi connectivity index (χ3v) is 5.40. The van der Waals surface area contributed by atoms with Crippen LogP contribution in [0.1, 0.15) is 57.8 Å². The second kappa shape index (κ2) is 5.71. The summed E-state index contributed by atoms with van der Waals surface area (Å²) in [5, 5.41) is 3.65. The molecule has 2 saturated carbocycles. The van der Waals surface area contributed by atoms with E-state index in [2.05, 4.69) is 31.4 Å². The minimum atomic E-state index is 0.433. The molecular formula is C15H30N2. The van der Waals surface area contributed by atoms with Crippen LogP contribution < -0.4 is 5.32 Å². The maximum absolute atomic E-state index is 3.65. The Bertz CT molecular complexity index is 227. The van der Waals surface area contributed by atoms with Gasteiger partial charge in [-0.05, 0) is 46.3 Å². The summed E-state index contributed by atoms with van der Waals surface area (Å²) in [6.07, 6.45) is 12.9. The fraction of sp³-hybridized carbons (Fsp3) is 1.00. The monoisotopic (exact) mass is 238 g/mol. The van der Waals surface area contributed by atoms with Gasteiger partial charge in [-0.25, -0.2) is 0 Å². The molecule has 2 aliphatic rings. The normalized spacial score (nSPS) is 26.8. The number of hydrogen-bond acceptors (Lipinski definition) is 2. The van der Waals surface area contributed by atoms with Crippen LogP contribution in [0.5, 0.6) is 0 Å². The lowest BCUT2D eigenvalue weighted by atomic mass is 9.70. The zero-order valence-electron chi connectivity index (χ0n) is 12.0. The first-order chi connectivity index (χ1) is 8.19. The fourth-order valence-electron chi connectivity index (χ4n) is 3.94. The molecule has 0 amide bonds. The fourth-order valence-corrected chi connectivity index (χ4v) is 3.94. The minimum absolute atomic E-state index is 0.433. The van der Waals surface area contributed by atoms with E-state index in [4.69, 9.17) is 0 Å². The molecule has 2 rings (SSSR count). The molecule has 2 heteroatoms. The molecule has 1 unspecified atom stereocenters. The lowest BCUT2D eigenvalue weighted by Crippen LogP contribution is -2.60. The van der Waals surface area contributed by atoms with Crippen LogP contribution in [-0.2, 0) is 0 Å². The Morgan fingerprint density at radius 2 is 1.76 bits per heavy atom. The second-order valence-electron chi connectivity index (χ2n) is 6.43. The Morgan fingerprint density at radius 3 is 2.18 bits per heavy atom. The SMILES string of the molecule is CNC(CC1CCC1)C1(N(C)C)CCCCC1. The summed E-state index contributed by atoms with van der Waals surface area (Å²) in [5.41, 5.74) is 0.433. The van der Waals surface area contributed by atoms with Gasteiger partial charge in [-0.2, -0.15) is 0 Å². The third-order valence-electron chi connectivity index (χ3n) is 5.40. The quantitative estimate of drug-likeness (QED) is 0.792. The summed E-state index contributed by atoms with van der Waals surface area (Å²) < 4.78 is 0. The average Bonchev–Trinajstić information content (AvgIpc) is 2.28. The molecule has 2 fully saturated rings. The molecule has 1 atom stereocenters. The summed E-state index contributed by atoms with van der Waals surface area (Å²) in [4.78, 5) is 2.52. The van der Waals surface area contributed by atoms with Crippen LogP contribution in [-0.4, -0.2) is 37.6 Å². The van der Waals surface area contributed by atoms with Gasteiger partial charge in [0.1, 0.15) is 0 Å². The van der Waals surface area contributed by atoms with Gasteiger partial charge in [-0.15, -0.1) is 0 Å². The number of hydrogen-bond donors (Lipinski definition) is 1. The van der Waals surface area contributed by atoms with E-state index in [9.17, 15) is 0 Å². The van der Waals surface area contributed by atoms with Crippen molar-refractivity contribution in [3.05, 3.63) is 0 Å². The van der Waals surface area contributed by atoms with Crippen LogP contribution in [0.3, 0.4) is 0 Å². The van der Waals surface area contributed by atoms with Crippen molar-refractivity contribution in [2.75, 3.05) is 21.1 Å². The maximum atomic E-state index is 3.65. The Hall–Kier alpha value is -0.0800. The Morgan fingerprint density at radius 1 is 1.12 bits per heavy atom. The predicted octanol–water partition coefficient (Wildman–Crippen LogP) is 3.03. The summed E-state index contributed by atoms with van der Waals surface area (Å²) in [6.45, 7) is 0. The number of likely N-dealkylation sites (N-methyl/N-ethyl adjacent to an activating group) is 2. The summed E-state index contributed by atoms with van der Waals surface area (Å²) >= 11 is 0. The van der Waals surface area contributed by atoms with E-state index in [1.807, 2.05) is 0 Å². The Kier molecular flexibility index (Phi) is 4.48. The topological polar surface area (TPSA) is 15.3 Å². The first kappa shape index (κ1) is 13.4. The molecule has 2 nitrogen and oxygen atoms in total. The molecule has 17 heavy (non-hydrogen) atoms. The van der Waals surface area contributed by atoms with Crippen molar-refractivity contribution in [1.82, 2.24) is 10.2 Å². The minimum Gasteiger partial charge on any atom is -0.315 e. The molecule has 0 spiro atoms. The van der Waals surface area contributed by atoms with Crippen molar-refractivity contribution in [2.24, 2.45) is 5.92 Å². The van der Waals surface area contributed by atoms with E-state index < -0.39 is 0 Å². The van der Waals surface area contributed by atoms with Gasteiger partial charge in [-0.3, -0.25) is 0 Å². The lowest BCUT2D eigenvalue weighted by molar-refractivity contribution is 0.0435. The summed E-state index contributed by atoms with van der Waals surface area (Å²) in [5.74, 6) is 1.01. The van der Waals surface area contributed by atoms with Gasteiger partial charge in [-0.1, -0.05) is 38.5 Å². The zero-order valence-corrected chi connectivity index (χ0v) is 12.0. The Labute approximate surface area is 107 Å². The van der Waals surface area contributed by atoms with Gasteiger partial charge in [0.2, 0.25) is 0 Å². The largest absolute Gasteiger partial charge is 0.315 e. The first-order valence-electron chi connectivity index (χ1n) is 7.54. The molecule has 0 aliphatic heterocycles. The molecule has 100 valence electrons. The molecule has 0 bridgehead atoms. The number of nitrogens with zero attached hydrogens (tertiary/aromatic N) is 1. The molecule has 1 N–H and O–H groups in total. The van der Waals surface area contributed by atoms with Crippen LogP contribution in [0, 0.1) is 5.92 Å². The van der Waals surface area contributed by atoms with E-state index in [1.54, 1.807) is 0 Å². The van der Waals surface area contributed by atoms with Gasteiger partial charge >= 0.3 is 0 Å². The van der Waals surface area contributed by atoms with E-state index in [0.717, 1.165) is 5.92 Å². The van der Waals surface area contributed by atoms with Crippen LogP contribution in [0.2, 0.25) is 0 Å². The van der Waals surface area contributed by atoms with Crippen molar-refractivity contribution in [1.29, 1.82) is 0 Å². The van der Waals surface area contributed by atoms with Crippen molar-refractivity contribution < 1.29 is 0 Å². The highest BCUT2D eigenvalue weighted by molar-refractivity contribution is 5.01. The van der Waals surface area contributed by atoms with Crippen molar-refractivity contribution >= 4 is 0 Å². The molecule has 0 heterocycles. The van der Waals surface area contributed by atoms with Crippen LogP contribution >= 0.6 is 0 Å². The standard InChI is InChI=1S/C15H30N2/c1-16-14(12-13-8-7-9-13)15(17(2)3)10-5-4-6-11-15/h13-14,16H,4-12H2,1-3H3. The lowest BCUT2D eigenvalue weighted by Gasteiger charge is -2.50. The van der Waals surface area contributed by atoms with Gasteiger partial charge in [0.05, 0.1) is 0 Å². The van der Waals surface area contributed by atoms with Crippen molar-refractivity contribution in [3.8, 4) is 0 Å². The highest BCUT2D eigenvalue weighted by atomic mass is 15.2. The average molecular weight is 238 g/mol. The molecule has 2 aliphatic carbocycles. The molecule has 0 aromatic rings. The zero-order chi connectivity index (χ0) is 12.3. The van der Waals surface area contributed by atoms with Crippen LogP contribution in [0.4, 0.5) is 0 Å². The van der Waals surface area contributed by atoms with Gasteiger partial charge < -0.3 is 10.2 Å². The van der Waals surface area contributed by atoms with Crippen LogP contribution in [0.15, 0.2) is 0 Å². The van der Waals surface area contributed by atoms with E-state index in [-0.39, 0.29) is 0 Å². The highest BCUT2D eigenvalue weighted by Gasteiger charge is 2.42. The second-order valence-corrected chi connectivity index (χ2v) is 6.43. The predicted molar refractivity (Wildman–Crippen MR) is 74.3 cm³/mol. The Balaban J connectivity index is 2.05.